The molecule has 2 rings (SSSR count). The molecule has 1 heterocycles. The lowest BCUT2D eigenvalue weighted by atomic mass is 10.1. The molecule has 0 saturated heterocycles. The molecule has 1 unspecified atom stereocenters. The van der Waals surface area contributed by atoms with E-state index in [4.69, 9.17) is 5.73 Å². The molecule has 0 spiro atoms. The van der Waals surface area contributed by atoms with E-state index in [1.54, 1.807) is 18.3 Å². The van der Waals surface area contributed by atoms with E-state index in [0.29, 0.717) is 13.1 Å². The highest BCUT2D eigenvalue weighted by molar-refractivity contribution is 5.79. The molecule has 0 saturated carbocycles. The van der Waals surface area contributed by atoms with Crippen molar-refractivity contribution < 1.29 is 4.79 Å². The number of benzene rings is 1. The highest BCUT2D eigenvalue weighted by Gasteiger charge is 2.16. The summed E-state index contributed by atoms with van der Waals surface area (Å²) in [6.07, 6.45) is 1.67. The van der Waals surface area contributed by atoms with Crippen LogP contribution >= 0.6 is 0 Å². The molecule has 0 fully saturated rings. The second-order valence-electron chi connectivity index (χ2n) is 4.59. The van der Waals surface area contributed by atoms with Gasteiger partial charge in [0.15, 0.2) is 0 Å². The minimum absolute atomic E-state index is 0.0715. The molecular formula is C13H18N4O. The number of aromatic amines is 1. The largest absolute Gasteiger partial charge is 0.345 e. The average molecular weight is 246 g/mol. The Labute approximate surface area is 106 Å². The highest BCUT2D eigenvalue weighted by atomic mass is 16.2. The lowest BCUT2D eigenvalue weighted by Gasteiger charge is -2.20. The fourth-order valence-electron chi connectivity index (χ4n) is 1.91. The SMILES string of the molecule is CC(CN)C(=O)N(C)Cc1ccc2nc[nH]c2c1. The van der Waals surface area contributed by atoms with E-state index in [1.807, 2.05) is 25.1 Å². The number of nitrogens with zero attached hydrogens (tertiary/aromatic N) is 2. The van der Waals surface area contributed by atoms with Crippen molar-refractivity contribution in [1.29, 1.82) is 0 Å². The van der Waals surface area contributed by atoms with Gasteiger partial charge in [-0.1, -0.05) is 13.0 Å². The Bertz CT molecular complexity index is 549. The van der Waals surface area contributed by atoms with Crippen molar-refractivity contribution in [2.24, 2.45) is 11.7 Å². The molecule has 3 N–H and O–H groups in total. The maximum Gasteiger partial charge on any atom is 0.226 e. The Morgan fingerprint density at radius 2 is 2.33 bits per heavy atom. The molecule has 96 valence electrons. The van der Waals surface area contributed by atoms with Gasteiger partial charge >= 0.3 is 0 Å². The molecule has 0 aliphatic heterocycles. The normalized spacial score (nSPS) is 12.6. The number of hydrogen-bond acceptors (Lipinski definition) is 3. The Morgan fingerprint density at radius 3 is 3.06 bits per heavy atom. The number of imidazole rings is 1. The first-order valence-electron chi connectivity index (χ1n) is 5.99. The lowest BCUT2D eigenvalue weighted by Crippen LogP contribution is -2.34. The zero-order valence-corrected chi connectivity index (χ0v) is 10.7. The van der Waals surface area contributed by atoms with E-state index in [0.717, 1.165) is 16.6 Å². The van der Waals surface area contributed by atoms with E-state index >= 15 is 0 Å². The van der Waals surface area contributed by atoms with Crippen LogP contribution in [0.15, 0.2) is 24.5 Å². The molecular weight excluding hydrogens is 228 g/mol. The number of carbonyl (C=O) groups is 1. The molecule has 0 radical (unpaired) electrons. The first-order valence-corrected chi connectivity index (χ1v) is 5.99. The third-order valence-corrected chi connectivity index (χ3v) is 3.06. The summed E-state index contributed by atoms with van der Waals surface area (Å²) in [6, 6.07) is 5.95. The molecule has 1 aromatic carbocycles. The second kappa shape index (κ2) is 5.18. The number of fused-ring (bicyclic) bond motifs is 1. The molecule has 2 aromatic rings. The van der Waals surface area contributed by atoms with Crippen LogP contribution in [-0.4, -0.2) is 34.4 Å². The number of aromatic nitrogens is 2. The van der Waals surface area contributed by atoms with Crippen LogP contribution in [0.25, 0.3) is 11.0 Å². The molecule has 1 amide bonds. The smallest absolute Gasteiger partial charge is 0.226 e. The van der Waals surface area contributed by atoms with Gasteiger partial charge in [0.1, 0.15) is 0 Å². The van der Waals surface area contributed by atoms with Crippen molar-refractivity contribution in [1.82, 2.24) is 14.9 Å². The number of nitrogens with two attached hydrogens (primary N) is 1. The summed E-state index contributed by atoms with van der Waals surface area (Å²) in [4.78, 5) is 20.8. The Balaban J connectivity index is 2.10. The molecule has 5 nitrogen and oxygen atoms in total. The van der Waals surface area contributed by atoms with Gasteiger partial charge in [0.25, 0.3) is 0 Å². The van der Waals surface area contributed by atoms with Gasteiger partial charge in [-0.05, 0) is 17.7 Å². The van der Waals surface area contributed by atoms with E-state index in [9.17, 15) is 4.79 Å². The van der Waals surface area contributed by atoms with Crippen molar-refractivity contribution >= 4 is 16.9 Å². The van der Waals surface area contributed by atoms with Gasteiger partial charge in [-0.15, -0.1) is 0 Å². The molecule has 0 aliphatic rings. The number of H-pyrrole nitrogens is 1. The van der Waals surface area contributed by atoms with Crippen molar-refractivity contribution in [3.8, 4) is 0 Å². The van der Waals surface area contributed by atoms with Crippen LogP contribution in [0.4, 0.5) is 0 Å². The van der Waals surface area contributed by atoms with Crippen LogP contribution < -0.4 is 5.73 Å². The third kappa shape index (κ3) is 2.51. The van der Waals surface area contributed by atoms with Gasteiger partial charge in [0, 0.05) is 26.1 Å². The van der Waals surface area contributed by atoms with E-state index < -0.39 is 0 Å². The fraction of sp³-hybridized carbons (Fsp3) is 0.385. The number of carbonyl (C=O) groups excluding carboxylic acids is 1. The Hall–Kier alpha value is -1.88. The summed E-state index contributed by atoms with van der Waals surface area (Å²) in [6.45, 7) is 2.80. The zero-order chi connectivity index (χ0) is 13.1. The monoisotopic (exact) mass is 246 g/mol. The second-order valence-corrected chi connectivity index (χ2v) is 4.59. The Kier molecular flexibility index (Phi) is 3.62. The zero-order valence-electron chi connectivity index (χ0n) is 10.7. The van der Waals surface area contributed by atoms with E-state index in [-0.39, 0.29) is 11.8 Å². The van der Waals surface area contributed by atoms with Crippen LogP contribution in [0.5, 0.6) is 0 Å². The predicted octanol–water partition coefficient (Wildman–Crippen LogP) is 1.12. The van der Waals surface area contributed by atoms with Gasteiger partial charge in [-0.2, -0.15) is 0 Å². The van der Waals surface area contributed by atoms with Crippen LogP contribution in [0.2, 0.25) is 0 Å². The minimum atomic E-state index is -0.133. The third-order valence-electron chi connectivity index (χ3n) is 3.06. The summed E-state index contributed by atoms with van der Waals surface area (Å²) >= 11 is 0. The summed E-state index contributed by atoms with van der Waals surface area (Å²) in [7, 11) is 1.80. The summed E-state index contributed by atoms with van der Waals surface area (Å²) in [5.41, 5.74) is 8.50. The summed E-state index contributed by atoms with van der Waals surface area (Å²) < 4.78 is 0. The van der Waals surface area contributed by atoms with Gasteiger partial charge in [-0.25, -0.2) is 4.98 Å². The van der Waals surface area contributed by atoms with Crippen LogP contribution in [0.1, 0.15) is 12.5 Å². The number of rotatable bonds is 4. The molecule has 1 atom stereocenters. The Morgan fingerprint density at radius 1 is 1.56 bits per heavy atom. The van der Waals surface area contributed by atoms with Gasteiger partial charge < -0.3 is 15.6 Å². The molecule has 5 heteroatoms. The predicted molar refractivity (Wildman–Crippen MR) is 70.8 cm³/mol. The van der Waals surface area contributed by atoms with Gasteiger partial charge in [-0.3, -0.25) is 4.79 Å². The maximum atomic E-state index is 11.9. The first kappa shape index (κ1) is 12.6. The van der Waals surface area contributed by atoms with Crippen LogP contribution in [0.3, 0.4) is 0 Å². The molecule has 0 bridgehead atoms. The van der Waals surface area contributed by atoms with Crippen molar-refractivity contribution in [3.63, 3.8) is 0 Å². The van der Waals surface area contributed by atoms with Crippen LogP contribution in [-0.2, 0) is 11.3 Å². The summed E-state index contributed by atoms with van der Waals surface area (Å²) in [5.74, 6) is -0.0620. The van der Waals surface area contributed by atoms with Crippen molar-refractivity contribution in [3.05, 3.63) is 30.1 Å². The van der Waals surface area contributed by atoms with Crippen molar-refractivity contribution in [2.45, 2.75) is 13.5 Å². The molecule has 18 heavy (non-hydrogen) atoms. The lowest BCUT2D eigenvalue weighted by molar-refractivity contribution is -0.133. The number of nitrogens with one attached hydrogen (secondary N) is 1. The highest BCUT2D eigenvalue weighted by Crippen LogP contribution is 2.13. The fourth-order valence-corrected chi connectivity index (χ4v) is 1.91. The standard InChI is InChI=1S/C13H18N4O/c1-9(6-14)13(18)17(2)7-10-3-4-11-12(5-10)16-8-15-11/h3-5,8-9H,6-7,14H2,1-2H3,(H,15,16). The minimum Gasteiger partial charge on any atom is -0.345 e. The topological polar surface area (TPSA) is 75.0 Å². The quantitative estimate of drug-likeness (QED) is 0.848. The average Bonchev–Trinajstić information content (AvgIpc) is 2.84. The van der Waals surface area contributed by atoms with E-state index in [1.165, 1.54) is 0 Å². The van der Waals surface area contributed by atoms with E-state index in [2.05, 4.69) is 9.97 Å². The first-order chi connectivity index (χ1) is 8.61. The molecule has 0 aliphatic carbocycles. The summed E-state index contributed by atoms with van der Waals surface area (Å²) in [5, 5.41) is 0. The van der Waals surface area contributed by atoms with Crippen LogP contribution in [0, 0.1) is 5.92 Å². The number of hydrogen-bond donors (Lipinski definition) is 2. The number of amides is 1. The molecule has 1 aromatic heterocycles. The van der Waals surface area contributed by atoms with Crippen molar-refractivity contribution in [2.75, 3.05) is 13.6 Å². The van der Waals surface area contributed by atoms with Gasteiger partial charge in [0.2, 0.25) is 5.91 Å². The maximum absolute atomic E-state index is 11.9. The van der Waals surface area contributed by atoms with Gasteiger partial charge in [0.05, 0.1) is 17.4 Å².